The second-order valence-electron chi connectivity index (χ2n) is 13.1. The zero-order chi connectivity index (χ0) is 35.6. The van der Waals surface area contributed by atoms with Crippen LogP contribution in [0.2, 0.25) is 0 Å². The first-order chi connectivity index (χ1) is 22.6. The molecule has 1 unspecified atom stereocenters. The van der Waals surface area contributed by atoms with E-state index in [1.165, 1.54) is 13.8 Å². The van der Waals surface area contributed by atoms with Gasteiger partial charge >= 0.3 is 12.0 Å². The third-order valence-corrected chi connectivity index (χ3v) is 10.9. The number of aryl methyl sites for hydroxylation is 1. The Morgan fingerprint density at radius 1 is 1.00 bits per heavy atom. The molecule has 0 spiro atoms. The molecular formula is C35H50F2N4O6S. The van der Waals surface area contributed by atoms with E-state index in [0.29, 0.717) is 32.2 Å². The number of hydrogen-bond acceptors (Lipinski definition) is 8. The number of nitrogens with one attached hydrogen (secondary N) is 2. The van der Waals surface area contributed by atoms with Gasteiger partial charge in [0, 0.05) is 31.7 Å². The fourth-order valence-electron chi connectivity index (χ4n) is 5.94. The Morgan fingerprint density at radius 3 is 2.19 bits per heavy atom. The Bertz CT molecular complexity index is 1510. The zero-order valence-electron chi connectivity index (χ0n) is 28.6. The minimum Gasteiger partial charge on any atom is -0.459 e. The lowest BCUT2D eigenvalue weighted by atomic mass is 10.0. The van der Waals surface area contributed by atoms with Gasteiger partial charge in [-0.25, -0.2) is 22.0 Å². The van der Waals surface area contributed by atoms with Crippen molar-refractivity contribution in [1.29, 1.82) is 0 Å². The number of carbonyl (C=O) groups excluding carboxylic acids is 3. The maximum atomic E-state index is 14.0. The molecule has 3 amide bonds. The number of urea groups is 1. The third-order valence-electron chi connectivity index (χ3n) is 8.56. The van der Waals surface area contributed by atoms with Crippen molar-refractivity contribution in [3.8, 4) is 0 Å². The number of carbonyl (C=O) groups is 3. The van der Waals surface area contributed by atoms with Crippen LogP contribution in [0.4, 0.5) is 13.6 Å². The highest BCUT2D eigenvalue weighted by molar-refractivity contribution is 7.92. The van der Waals surface area contributed by atoms with Crippen LogP contribution in [0.15, 0.2) is 42.5 Å². The standard InChI is InChI=1S/C35H50F2N4O6S/c1-6-10-29(11-7-2)48(45,46)22-26(21-41-33(43)35(4,5)40-34(41)44)32(42)47-31(20-39-19-24-13-9-12-23(8-3)14-24)30(38)17-25-15-27(36)18-28(37)16-25/h9,12-16,18,26,29-31,39H,6-8,10-11,17,19-22,38H2,1-5H3,(H,40,44)/t26-,30?,31-/m1/s1. The van der Waals surface area contributed by atoms with E-state index in [4.69, 9.17) is 10.5 Å². The van der Waals surface area contributed by atoms with Crippen LogP contribution < -0.4 is 16.4 Å². The molecule has 13 heteroatoms. The molecule has 4 N–H and O–H groups in total. The van der Waals surface area contributed by atoms with Gasteiger partial charge in [-0.05, 0) is 68.4 Å². The number of nitrogens with zero attached hydrogens (tertiary/aromatic N) is 1. The molecule has 3 rings (SSSR count). The molecule has 1 fully saturated rings. The lowest BCUT2D eigenvalue weighted by Crippen LogP contribution is -2.49. The van der Waals surface area contributed by atoms with E-state index in [2.05, 4.69) is 10.6 Å². The summed E-state index contributed by atoms with van der Waals surface area (Å²) in [7, 11) is -3.87. The summed E-state index contributed by atoms with van der Waals surface area (Å²) in [6.45, 7) is 8.75. The van der Waals surface area contributed by atoms with Crippen molar-refractivity contribution in [1.82, 2.24) is 15.5 Å². The molecule has 0 aromatic heterocycles. The number of esters is 1. The molecule has 1 heterocycles. The number of halogens is 2. The fraction of sp³-hybridized carbons (Fsp3) is 0.571. The minimum absolute atomic E-state index is 0.0327. The van der Waals surface area contributed by atoms with Gasteiger partial charge in [0.25, 0.3) is 5.91 Å². The fourth-order valence-corrected chi connectivity index (χ4v) is 8.20. The number of imide groups is 1. The Balaban J connectivity index is 1.91. The van der Waals surface area contributed by atoms with Crippen LogP contribution in [0.25, 0.3) is 0 Å². The predicted octanol–water partition coefficient (Wildman–Crippen LogP) is 4.43. The first kappa shape index (κ1) is 39.0. The molecule has 0 radical (unpaired) electrons. The Morgan fingerprint density at radius 2 is 1.62 bits per heavy atom. The summed E-state index contributed by atoms with van der Waals surface area (Å²) in [6.07, 6.45) is 1.75. The van der Waals surface area contributed by atoms with Crippen LogP contribution in [-0.4, -0.2) is 73.0 Å². The zero-order valence-corrected chi connectivity index (χ0v) is 29.4. The molecule has 0 saturated carbocycles. The van der Waals surface area contributed by atoms with Gasteiger partial charge in [-0.3, -0.25) is 14.5 Å². The van der Waals surface area contributed by atoms with E-state index in [1.807, 2.05) is 45.0 Å². The van der Waals surface area contributed by atoms with E-state index in [0.717, 1.165) is 40.6 Å². The summed E-state index contributed by atoms with van der Waals surface area (Å²) in [4.78, 5) is 40.6. The largest absolute Gasteiger partial charge is 0.459 e. The number of hydrogen-bond donors (Lipinski definition) is 3. The first-order valence-corrected chi connectivity index (χ1v) is 18.4. The number of nitrogens with two attached hydrogens (primary N) is 1. The average Bonchev–Trinajstić information content (AvgIpc) is 3.20. The van der Waals surface area contributed by atoms with Gasteiger partial charge in [-0.2, -0.15) is 0 Å². The van der Waals surface area contributed by atoms with Crippen molar-refractivity contribution in [2.24, 2.45) is 11.7 Å². The topological polar surface area (TPSA) is 148 Å². The van der Waals surface area contributed by atoms with Gasteiger partial charge in [0.2, 0.25) is 0 Å². The molecule has 2 aromatic rings. The maximum absolute atomic E-state index is 14.0. The van der Waals surface area contributed by atoms with Gasteiger partial charge in [0.1, 0.15) is 23.3 Å². The molecule has 1 saturated heterocycles. The summed E-state index contributed by atoms with van der Waals surface area (Å²) in [5.41, 5.74) is 7.64. The van der Waals surface area contributed by atoms with Crippen molar-refractivity contribution in [3.63, 3.8) is 0 Å². The van der Waals surface area contributed by atoms with Gasteiger partial charge in [0.05, 0.1) is 16.9 Å². The highest BCUT2D eigenvalue weighted by Crippen LogP contribution is 2.24. The summed E-state index contributed by atoms with van der Waals surface area (Å²) in [5, 5.41) is 5.08. The van der Waals surface area contributed by atoms with E-state index in [1.54, 1.807) is 0 Å². The molecule has 0 bridgehead atoms. The SMILES string of the molecule is CCCC(CCC)S(=O)(=O)C[C@@H](CN1C(=O)NC(C)(C)C1=O)C(=O)O[C@H](CNCc1cccc(CC)c1)C(N)Cc1cc(F)cc(F)c1. The molecule has 1 aliphatic heterocycles. The van der Waals surface area contributed by atoms with E-state index in [-0.39, 0.29) is 18.5 Å². The number of sulfone groups is 1. The maximum Gasteiger partial charge on any atom is 0.325 e. The van der Waals surface area contributed by atoms with Crippen LogP contribution in [0.3, 0.4) is 0 Å². The average molecular weight is 693 g/mol. The van der Waals surface area contributed by atoms with Gasteiger partial charge in [-0.15, -0.1) is 0 Å². The van der Waals surface area contributed by atoms with Crippen molar-refractivity contribution < 1.29 is 36.3 Å². The summed E-state index contributed by atoms with van der Waals surface area (Å²) in [6, 6.07) is 9.24. The van der Waals surface area contributed by atoms with Crippen molar-refractivity contribution in [3.05, 3.63) is 70.8 Å². The van der Waals surface area contributed by atoms with Gasteiger partial charge < -0.3 is 21.1 Å². The van der Waals surface area contributed by atoms with E-state index in [9.17, 15) is 31.6 Å². The van der Waals surface area contributed by atoms with Crippen LogP contribution in [0.5, 0.6) is 0 Å². The molecule has 1 aliphatic rings. The summed E-state index contributed by atoms with van der Waals surface area (Å²) < 4.78 is 61.3. The van der Waals surface area contributed by atoms with Gasteiger partial charge in [-0.1, -0.05) is 57.9 Å². The normalized spacial score (nSPS) is 16.6. The Kier molecular flexibility index (Phi) is 14.1. The monoisotopic (exact) mass is 692 g/mol. The molecule has 48 heavy (non-hydrogen) atoms. The smallest absolute Gasteiger partial charge is 0.325 e. The number of rotatable bonds is 19. The first-order valence-electron chi connectivity index (χ1n) is 16.6. The van der Waals surface area contributed by atoms with Crippen LogP contribution >= 0.6 is 0 Å². The number of ether oxygens (including phenoxy) is 1. The Labute approximate surface area is 283 Å². The van der Waals surface area contributed by atoms with Crippen LogP contribution in [0, 0.1) is 17.6 Å². The summed E-state index contributed by atoms with van der Waals surface area (Å²) in [5.74, 6) is -5.15. The molecular weight excluding hydrogens is 642 g/mol. The lowest BCUT2D eigenvalue weighted by molar-refractivity contribution is -0.155. The second-order valence-corrected chi connectivity index (χ2v) is 15.4. The molecule has 3 atom stereocenters. The molecule has 266 valence electrons. The van der Waals surface area contributed by atoms with Crippen molar-refractivity contribution in [2.75, 3.05) is 18.8 Å². The quantitative estimate of drug-likeness (QED) is 0.145. The second kappa shape index (κ2) is 17.3. The van der Waals surface area contributed by atoms with Gasteiger partial charge in [0.15, 0.2) is 9.84 Å². The van der Waals surface area contributed by atoms with E-state index < -0.39 is 80.5 Å². The summed E-state index contributed by atoms with van der Waals surface area (Å²) >= 11 is 0. The number of benzene rings is 2. The lowest BCUT2D eigenvalue weighted by Gasteiger charge is -2.29. The third kappa shape index (κ3) is 10.8. The van der Waals surface area contributed by atoms with Crippen LogP contribution in [-0.2, 0) is 43.5 Å². The molecule has 0 aliphatic carbocycles. The van der Waals surface area contributed by atoms with Crippen molar-refractivity contribution in [2.45, 2.75) is 103 Å². The number of amides is 3. The molecule has 10 nitrogen and oxygen atoms in total. The predicted molar refractivity (Wildman–Crippen MR) is 181 cm³/mol. The minimum atomic E-state index is -3.87. The van der Waals surface area contributed by atoms with Crippen molar-refractivity contribution >= 4 is 27.7 Å². The highest BCUT2D eigenvalue weighted by Gasteiger charge is 2.47. The van der Waals surface area contributed by atoms with E-state index >= 15 is 0 Å². The van der Waals surface area contributed by atoms with Crippen LogP contribution in [0.1, 0.15) is 77.0 Å². The highest BCUT2D eigenvalue weighted by atomic mass is 32.2. The Hall–Kier alpha value is -3.42. The molecule has 2 aromatic carbocycles.